The molecule has 0 aliphatic heterocycles. The minimum Gasteiger partial charge on any atom is -0.471 e. The van der Waals surface area contributed by atoms with Crippen LogP contribution in [0.15, 0.2) is 67.1 Å². The van der Waals surface area contributed by atoms with E-state index in [1.54, 1.807) is 46.2 Å². The zero-order valence-electron chi connectivity index (χ0n) is 16.6. The summed E-state index contributed by atoms with van der Waals surface area (Å²) in [6.07, 6.45) is 5.04. The van der Waals surface area contributed by atoms with Crippen LogP contribution in [0.2, 0.25) is 10.0 Å². The number of rotatable bonds is 7. The van der Waals surface area contributed by atoms with E-state index < -0.39 is 0 Å². The fourth-order valence-electron chi connectivity index (χ4n) is 2.89. The monoisotopic (exact) mass is 455 g/mol. The van der Waals surface area contributed by atoms with Crippen molar-refractivity contribution in [1.82, 2.24) is 19.6 Å². The molecular formula is C22H19Cl2N5O2. The third-order valence-corrected chi connectivity index (χ3v) is 5.19. The molecule has 0 fully saturated rings. The highest BCUT2D eigenvalue weighted by Gasteiger charge is 2.11. The number of carbonyl (C=O) groups excluding carboxylic acids is 1. The summed E-state index contributed by atoms with van der Waals surface area (Å²) in [5, 5.41) is 12.7. The number of aryl methyl sites for hydroxylation is 1. The Balaban J connectivity index is 1.33. The molecule has 1 N–H and O–H groups in total. The van der Waals surface area contributed by atoms with E-state index in [9.17, 15) is 4.79 Å². The molecular weight excluding hydrogens is 437 g/mol. The Morgan fingerprint density at radius 3 is 2.68 bits per heavy atom. The molecule has 0 spiro atoms. The number of benzene rings is 2. The third kappa shape index (κ3) is 5.45. The van der Waals surface area contributed by atoms with Gasteiger partial charge in [0, 0.05) is 22.4 Å². The lowest BCUT2D eigenvalue weighted by Gasteiger charge is -2.07. The minimum absolute atomic E-state index is 0.174. The number of hydrogen-bond acceptors (Lipinski definition) is 4. The quantitative estimate of drug-likeness (QED) is 0.423. The second-order valence-corrected chi connectivity index (χ2v) is 7.78. The van der Waals surface area contributed by atoms with Gasteiger partial charge in [0.05, 0.1) is 18.4 Å². The van der Waals surface area contributed by atoms with E-state index in [-0.39, 0.29) is 18.3 Å². The normalized spacial score (nSPS) is 10.8. The Morgan fingerprint density at radius 2 is 1.90 bits per heavy atom. The van der Waals surface area contributed by atoms with Crippen LogP contribution >= 0.6 is 23.2 Å². The van der Waals surface area contributed by atoms with Gasteiger partial charge in [-0.1, -0.05) is 35.3 Å². The Kier molecular flexibility index (Phi) is 6.25. The van der Waals surface area contributed by atoms with Gasteiger partial charge in [-0.05, 0) is 54.4 Å². The van der Waals surface area contributed by atoms with Gasteiger partial charge in [-0.2, -0.15) is 10.2 Å². The lowest BCUT2D eigenvalue weighted by atomic mass is 10.2. The number of carbonyl (C=O) groups is 1. The van der Waals surface area contributed by atoms with Crippen LogP contribution in [-0.2, 0) is 13.3 Å². The smallest absolute Gasteiger partial charge is 0.276 e. The fourth-order valence-corrected chi connectivity index (χ4v) is 3.13. The summed E-state index contributed by atoms with van der Waals surface area (Å²) in [6.45, 7) is 2.65. The molecule has 7 nitrogen and oxygen atoms in total. The standard InChI is InChI=1S/C22H19Cl2N5O2/c1-15-10-19(6-7-20(15)24)31-14-28-9-8-21(27-28)22(30)26-18-11-25-29(13-18)12-16-2-4-17(23)5-3-16/h2-11,13H,12,14H2,1H3,(H,26,30). The van der Waals surface area contributed by atoms with E-state index in [0.717, 1.165) is 11.1 Å². The topological polar surface area (TPSA) is 74.0 Å². The van der Waals surface area contributed by atoms with Gasteiger partial charge in [0.15, 0.2) is 12.4 Å². The number of aromatic nitrogens is 4. The molecule has 158 valence electrons. The lowest BCUT2D eigenvalue weighted by Crippen LogP contribution is -2.14. The maximum atomic E-state index is 12.5. The summed E-state index contributed by atoms with van der Waals surface area (Å²) >= 11 is 11.9. The predicted octanol–water partition coefficient (Wildman–Crippen LogP) is 5.03. The predicted molar refractivity (Wildman–Crippen MR) is 120 cm³/mol. The van der Waals surface area contributed by atoms with Gasteiger partial charge in [-0.25, -0.2) is 4.68 Å². The van der Waals surface area contributed by atoms with Crippen molar-refractivity contribution in [1.29, 1.82) is 0 Å². The van der Waals surface area contributed by atoms with E-state index in [1.165, 1.54) is 0 Å². The molecule has 0 bridgehead atoms. The number of hydrogen-bond donors (Lipinski definition) is 1. The second-order valence-electron chi connectivity index (χ2n) is 6.93. The summed E-state index contributed by atoms with van der Waals surface area (Å²) in [4.78, 5) is 12.5. The number of ether oxygens (including phenoxy) is 1. The largest absolute Gasteiger partial charge is 0.471 e. The molecule has 0 saturated carbocycles. The van der Waals surface area contributed by atoms with E-state index >= 15 is 0 Å². The summed E-state index contributed by atoms with van der Waals surface area (Å²) in [5.74, 6) is 0.351. The summed E-state index contributed by atoms with van der Waals surface area (Å²) in [7, 11) is 0. The summed E-state index contributed by atoms with van der Waals surface area (Å²) < 4.78 is 8.97. The molecule has 31 heavy (non-hydrogen) atoms. The van der Waals surface area contributed by atoms with Crippen LogP contribution in [0.4, 0.5) is 5.69 Å². The second kappa shape index (κ2) is 9.24. The maximum Gasteiger partial charge on any atom is 0.276 e. The van der Waals surface area contributed by atoms with Crippen LogP contribution in [-0.4, -0.2) is 25.5 Å². The van der Waals surface area contributed by atoms with Crippen molar-refractivity contribution in [3.63, 3.8) is 0 Å². The molecule has 9 heteroatoms. The molecule has 2 aromatic heterocycles. The molecule has 0 unspecified atom stereocenters. The first-order valence-electron chi connectivity index (χ1n) is 9.47. The van der Waals surface area contributed by atoms with Crippen LogP contribution in [0.25, 0.3) is 0 Å². The summed E-state index contributed by atoms with van der Waals surface area (Å²) in [6, 6.07) is 14.6. The zero-order chi connectivity index (χ0) is 21.8. The van der Waals surface area contributed by atoms with E-state index in [0.29, 0.717) is 28.0 Å². The summed E-state index contributed by atoms with van der Waals surface area (Å²) in [5.41, 5.74) is 2.85. The highest BCUT2D eigenvalue weighted by atomic mass is 35.5. The molecule has 4 aromatic rings. The van der Waals surface area contributed by atoms with Gasteiger partial charge in [0.25, 0.3) is 5.91 Å². The highest BCUT2D eigenvalue weighted by molar-refractivity contribution is 6.31. The zero-order valence-corrected chi connectivity index (χ0v) is 18.1. The van der Waals surface area contributed by atoms with Gasteiger partial charge < -0.3 is 10.1 Å². The average molecular weight is 456 g/mol. The number of anilines is 1. The Labute approximate surface area is 189 Å². The van der Waals surface area contributed by atoms with Crippen LogP contribution in [0.3, 0.4) is 0 Å². The maximum absolute atomic E-state index is 12.5. The van der Waals surface area contributed by atoms with Gasteiger partial charge >= 0.3 is 0 Å². The average Bonchev–Trinajstić information content (AvgIpc) is 3.40. The van der Waals surface area contributed by atoms with Crippen LogP contribution in [0.5, 0.6) is 5.75 Å². The van der Waals surface area contributed by atoms with Gasteiger partial charge in [0.1, 0.15) is 5.75 Å². The van der Waals surface area contributed by atoms with Gasteiger partial charge in [-0.3, -0.25) is 9.48 Å². The van der Waals surface area contributed by atoms with Crippen molar-refractivity contribution in [2.24, 2.45) is 0 Å². The molecule has 0 atom stereocenters. The van der Waals surface area contributed by atoms with Crippen LogP contribution < -0.4 is 10.1 Å². The Morgan fingerprint density at radius 1 is 1.10 bits per heavy atom. The highest BCUT2D eigenvalue weighted by Crippen LogP contribution is 2.21. The number of nitrogens with one attached hydrogen (secondary N) is 1. The molecule has 2 aromatic carbocycles. The van der Waals surface area contributed by atoms with Gasteiger partial charge in [0.2, 0.25) is 0 Å². The lowest BCUT2D eigenvalue weighted by molar-refractivity contribution is 0.102. The molecule has 0 radical (unpaired) electrons. The minimum atomic E-state index is -0.327. The SMILES string of the molecule is Cc1cc(OCn2ccc(C(=O)Nc3cnn(Cc4ccc(Cl)cc4)c3)n2)ccc1Cl. The van der Waals surface area contributed by atoms with Crippen molar-refractivity contribution < 1.29 is 9.53 Å². The number of nitrogens with zero attached hydrogens (tertiary/aromatic N) is 4. The molecule has 0 aliphatic rings. The first-order valence-corrected chi connectivity index (χ1v) is 10.2. The fraction of sp³-hybridized carbons (Fsp3) is 0.136. The van der Waals surface area contributed by atoms with E-state index in [1.807, 2.05) is 37.3 Å². The molecule has 0 aliphatic carbocycles. The van der Waals surface area contributed by atoms with Crippen molar-refractivity contribution in [3.8, 4) is 5.75 Å². The van der Waals surface area contributed by atoms with Crippen molar-refractivity contribution in [2.75, 3.05) is 5.32 Å². The molecule has 0 saturated heterocycles. The third-order valence-electron chi connectivity index (χ3n) is 4.52. The molecule has 4 rings (SSSR count). The van der Waals surface area contributed by atoms with E-state index in [2.05, 4.69) is 15.5 Å². The number of amides is 1. The van der Waals surface area contributed by atoms with Gasteiger partial charge in [-0.15, -0.1) is 0 Å². The Bertz CT molecular complexity index is 1200. The first kappa shape index (κ1) is 21.0. The van der Waals surface area contributed by atoms with E-state index in [4.69, 9.17) is 27.9 Å². The van der Waals surface area contributed by atoms with Crippen LogP contribution in [0.1, 0.15) is 21.6 Å². The first-order chi connectivity index (χ1) is 15.0. The van der Waals surface area contributed by atoms with Crippen molar-refractivity contribution in [3.05, 3.63) is 94.0 Å². The Hall–Kier alpha value is -3.29. The van der Waals surface area contributed by atoms with Crippen molar-refractivity contribution in [2.45, 2.75) is 20.2 Å². The van der Waals surface area contributed by atoms with Crippen LogP contribution in [0, 0.1) is 6.92 Å². The molecule has 2 heterocycles. The van der Waals surface area contributed by atoms with Crippen molar-refractivity contribution >= 4 is 34.8 Å². The molecule has 1 amide bonds. The number of halogens is 2.